The maximum Gasteiger partial charge on any atom is 0.341 e. The number of carbonyl (C=O) groups excluding carboxylic acids is 1. The van der Waals surface area contributed by atoms with Crippen molar-refractivity contribution in [3.63, 3.8) is 0 Å². The van der Waals surface area contributed by atoms with Gasteiger partial charge >= 0.3 is 5.97 Å². The maximum absolute atomic E-state index is 12.3. The van der Waals surface area contributed by atoms with Gasteiger partial charge in [-0.1, -0.05) is 0 Å². The molecule has 0 saturated heterocycles. The molecule has 23 heavy (non-hydrogen) atoms. The number of carbonyl (C=O) groups is 2. The first-order valence-corrected chi connectivity index (χ1v) is 8.31. The van der Waals surface area contributed by atoms with Crippen LogP contribution < -0.4 is 10.1 Å². The fraction of sp³-hybridized carbons (Fsp3) is 0.294. The average molecular weight is 331 g/mol. The van der Waals surface area contributed by atoms with Gasteiger partial charge in [-0.3, -0.25) is 4.79 Å². The summed E-state index contributed by atoms with van der Waals surface area (Å²) >= 11 is 1.58. The van der Waals surface area contributed by atoms with Gasteiger partial charge in [-0.05, 0) is 61.6 Å². The molecule has 1 heterocycles. The van der Waals surface area contributed by atoms with Gasteiger partial charge in [-0.2, -0.15) is 0 Å². The van der Waals surface area contributed by atoms with Crippen LogP contribution in [-0.2, 0) is 17.6 Å². The van der Waals surface area contributed by atoms with Crippen LogP contribution in [0.2, 0.25) is 0 Å². The minimum absolute atomic E-state index is 0.108. The van der Waals surface area contributed by atoms with Gasteiger partial charge in [-0.25, -0.2) is 4.79 Å². The van der Waals surface area contributed by atoms with E-state index in [1.54, 1.807) is 35.6 Å². The first-order valence-electron chi connectivity index (χ1n) is 7.49. The predicted octanol–water partition coefficient (Wildman–Crippen LogP) is 3.34. The van der Waals surface area contributed by atoms with Crippen molar-refractivity contribution in [3.8, 4) is 5.75 Å². The van der Waals surface area contributed by atoms with Crippen molar-refractivity contribution in [2.75, 3.05) is 11.9 Å². The summed E-state index contributed by atoms with van der Waals surface area (Å²) in [5.74, 6) is -0.676. The topological polar surface area (TPSA) is 75.6 Å². The molecular formula is C17H17NO4S. The Morgan fingerprint density at radius 1 is 1.17 bits per heavy atom. The van der Waals surface area contributed by atoms with E-state index in [1.807, 2.05) is 6.07 Å². The Morgan fingerprint density at radius 2 is 1.91 bits per heavy atom. The number of ether oxygens (including phenoxy) is 1. The fourth-order valence-corrected chi connectivity index (χ4v) is 3.72. The number of benzene rings is 1. The summed E-state index contributed by atoms with van der Waals surface area (Å²) in [7, 11) is 0. The minimum Gasteiger partial charge on any atom is -0.482 e. The zero-order valence-corrected chi connectivity index (χ0v) is 13.3. The lowest BCUT2D eigenvalue weighted by atomic mass is 9.99. The number of aliphatic carboxylic acids is 1. The summed E-state index contributed by atoms with van der Waals surface area (Å²) in [6.07, 6.45) is 4.53. The van der Waals surface area contributed by atoms with Crippen molar-refractivity contribution in [2.24, 2.45) is 0 Å². The summed E-state index contributed by atoms with van der Waals surface area (Å²) in [5, 5.41) is 11.4. The highest BCUT2D eigenvalue weighted by molar-refractivity contribution is 7.14. The van der Waals surface area contributed by atoms with Gasteiger partial charge in [0, 0.05) is 10.6 Å². The van der Waals surface area contributed by atoms with Crippen LogP contribution in [0.3, 0.4) is 0 Å². The third kappa shape index (κ3) is 3.90. The normalized spacial score (nSPS) is 13.2. The molecule has 2 aromatic rings. The second-order valence-corrected chi connectivity index (χ2v) is 6.56. The third-order valence-corrected chi connectivity index (χ3v) is 4.93. The Kier molecular flexibility index (Phi) is 4.62. The van der Waals surface area contributed by atoms with E-state index < -0.39 is 5.97 Å². The van der Waals surface area contributed by atoms with Crippen LogP contribution in [0, 0.1) is 0 Å². The number of anilines is 1. The Labute approximate surface area is 137 Å². The lowest BCUT2D eigenvalue weighted by Crippen LogP contribution is -2.11. The molecule has 1 aliphatic carbocycles. The summed E-state index contributed by atoms with van der Waals surface area (Å²) in [6.45, 7) is -0.382. The van der Waals surface area contributed by atoms with E-state index in [0.29, 0.717) is 11.4 Å². The second kappa shape index (κ2) is 6.83. The zero-order valence-electron chi connectivity index (χ0n) is 12.5. The SMILES string of the molecule is O=C(O)COc1ccc(NC(=O)c2cc3c(s2)CCCC3)cc1. The van der Waals surface area contributed by atoms with Gasteiger partial charge in [0.2, 0.25) is 0 Å². The number of rotatable bonds is 5. The summed E-state index contributed by atoms with van der Waals surface area (Å²) in [5.41, 5.74) is 1.97. The maximum atomic E-state index is 12.3. The van der Waals surface area contributed by atoms with E-state index in [0.717, 1.165) is 17.7 Å². The smallest absolute Gasteiger partial charge is 0.341 e. The Balaban J connectivity index is 1.63. The van der Waals surface area contributed by atoms with Gasteiger partial charge in [0.15, 0.2) is 6.61 Å². The molecule has 0 saturated carbocycles. The second-order valence-electron chi connectivity index (χ2n) is 5.43. The molecule has 0 radical (unpaired) electrons. The summed E-state index contributed by atoms with van der Waals surface area (Å²) in [4.78, 5) is 24.8. The summed E-state index contributed by atoms with van der Waals surface area (Å²) < 4.78 is 5.06. The number of hydrogen-bond acceptors (Lipinski definition) is 4. The van der Waals surface area contributed by atoms with Crippen molar-refractivity contribution < 1.29 is 19.4 Å². The van der Waals surface area contributed by atoms with Gasteiger partial charge in [0.25, 0.3) is 5.91 Å². The number of aryl methyl sites for hydroxylation is 2. The number of amides is 1. The third-order valence-electron chi connectivity index (χ3n) is 3.69. The van der Waals surface area contributed by atoms with E-state index in [-0.39, 0.29) is 12.5 Å². The molecule has 0 spiro atoms. The molecule has 1 amide bonds. The lowest BCUT2D eigenvalue weighted by molar-refractivity contribution is -0.139. The van der Waals surface area contributed by atoms with Crippen molar-refractivity contribution >= 4 is 28.9 Å². The van der Waals surface area contributed by atoms with Crippen LogP contribution in [0.5, 0.6) is 5.75 Å². The molecule has 0 unspecified atom stereocenters. The van der Waals surface area contributed by atoms with Crippen molar-refractivity contribution in [1.82, 2.24) is 0 Å². The first kappa shape index (κ1) is 15.6. The Hall–Kier alpha value is -2.34. The van der Waals surface area contributed by atoms with E-state index in [1.165, 1.54) is 23.3 Å². The van der Waals surface area contributed by atoms with Crippen LogP contribution in [0.25, 0.3) is 0 Å². The van der Waals surface area contributed by atoms with Crippen molar-refractivity contribution in [3.05, 3.63) is 45.6 Å². The van der Waals surface area contributed by atoms with Crippen molar-refractivity contribution in [2.45, 2.75) is 25.7 Å². The number of carboxylic acids is 1. The molecular weight excluding hydrogens is 314 g/mol. The lowest BCUT2D eigenvalue weighted by Gasteiger charge is -2.08. The number of thiophene rings is 1. The number of nitrogens with one attached hydrogen (secondary N) is 1. The monoisotopic (exact) mass is 331 g/mol. The number of hydrogen-bond donors (Lipinski definition) is 2. The number of carboxylic acid groups (broad SMARTS) is 1. The van der Waals surface area contributed by atoms with Crippen LogP contribution in [0.15, 0.2) is 30.3 Å². The van der Waals surface area contributed by atoms with Gasteiger partial charge in [0.1, 0.15) is 5.75 Å². The average Bonchev–Trinajstić information content (AvgIpc) is 2.98. The highest BCUT2D eigenvalue weighted by atomic mass is 32.1. The molecule has 120 valence electrons. The molecule has 5 nitrogen and oxygen atoms in total. The molecule has 0 atom stereocenters. The van der Waals surface area contributed by atoms with E-state index in [2.05, 4.69) is 5.32 Å². The van der Waals surface area contributed by atoms with E-state index in [9.17, 15) is 9.59 Å². The Morgan fingerprint density at radius 3 is 2.61 bits per heavy atom. The molecule has 0 fully saturated rings. The van der Waals surface area contributed by atoms with E-state index in [4.69, 9.17) is 9.84 Å². The highest BCUT2D eigenvalue weighted by Crippen LogP contribution is 2.30. The first-order chi connectivity index (χ1) is 11.1. The number of fused-ring (bicyclic) bond motifs is 1. The molecule has 1 aromatic carbocycles. The van der Waals surface area contributed by atoms with Crippen LogP contribution in [0.1, 0.15) is 33.0 Å². The van der Waals surface area contributed by atoms with Gasteiger partial charge in [-0.15, -0.1) is 11.3 Å². The van der Waals surface area contributed by atoms with Crippen LogP contribution in [-0.4, -0.2) is 23.6 Å². The molecule has 2 N–H and O–H groups in total. The molecule has 0 bridgehead atoms. The van der Waals surface area contributed by atoms with E-state index >= 15 is 0 Å². The predicted molar refractivity (Wildman–Crippen MR) is 88.5 cm³/mol. The quantitative estimate of drug-likeness (QED) is 0.881. The van der Waals surface area contributed by atoms with Crippen molar-refractivity contribution in [1.29, 1.82) is 0 Å². The minimum atomic E-state index is -1.02. The molecule has 1 aromatic heterocycles. The molecule has 6 heteroatoms. The molecule has 0 aliphatic heterocycles. The molecule has 1 aliphatic rings. The van der Waals surface area contributed by atoms with Crippen LogP contribution >= 0.6 is 11.3 Å². The largest absolute Gasteiger partial charge is 0.482 e. The highest BCUT2D eigenvalue weighted by Gasteiger charge is 2.17. The fourth-order valence-electron chi connectivity index (χ4n) is 2.57. The summed E-state index contributed by atoms with van der Waals surface area (Å²) in [6, 6.07) is 8.67. The van der Waals surface area contributed by atoms with Gasteiger partial charge in [0.05, 0.1) is 4.88 Å². The Bertz CT molecular complexity index is 697. The molecule has 3 rings (SSSR count). The van der Waals surface area contributed by atoms with Crippen LogP contribution in [0.4, 0.5) is 5.69 Å². The van der Waals surface area contributed by atoms with Gasteiger partial charge < -0.3 is 15.2 Å². The zero-order chi connectivity index (χ0) is 16.2. The standard InChI is InChI=1S/C17H17NO4S/c19-16(20)10-22-13-7-5-12(6-8-13)18-17(21)15-9-11-3-1-2-4-14(11)23-15/h5-9H,1-4,10H2,(H,18,21)(H,19,20).